The lowest BCUT2D eigenvalue weighted by Gasteiger charge is -2.35. The number of nitrogens with zero attached hydrogens (tertiary/aromatic N) is 3. The minimum Gasteiger partial charge on any atom is -0.497 e. The van der Waals surface area contributed by atoms with Gasteiger partial charge in [-0.1, -0.05) is 12.1 Å². The van der Waals surface area contributed by atoms with Gasteiger partial charge in [-0.25, -0.2) is 9.97 Å². The highest BCUT2D eigenvalue weighted by Crippen LogP contribution is 2.33. The number of methoxy groups -OCH3 is 1. The summed E-state index contributed by atoms with van der Waals surface area (Å²) in [5.74, 6) is 1.79. The number of benzene rings is 1. The molecule has 0 unspecified atom stereocenters. The molecule has 3 heterocycles. The fourth-order valence-electron chi connectivity index (χ4n) is 3.68. The molecule has 1 aliphatic heterocycles. The molecule has 1 aliphatic rings. The van der Waals surface area contributed by atoms with Crippen molar-refractivity contribution >= 4 is 27.4 Å². The lowest BCUT2D eigenvalue weighted by molar-refractivity contribution is 0.0187. The van der Waals surface area contributed by atoms with Crippen molar-refractivity contribution in [2.45, 2.75) is 19.9 Å². The number of fused-ring (bicyclic) bond motifs is 1. The van der Waals surface area contributed by atoms with Crippen LogP contribution in [-0.2, 0) is 4.74 Å². The maximum atomic E-state index is 5.56. The average Bonchev–Trinajstić information content (AvgIpc) is 3.04. The van der Waals surface area contributed by atoms with Crippen molar-refractivity contribution in [1.82, 2.24) is 14.9 Å². The molecule has 1 saturated heterocycles. The van der Waals surface area contributed by atoms with E-state index in [-0.39, 0.29) is 6.04 Å². The van der Waals surface area contributed by atoms with Gasteiger partial charge in [-0.2, -0.15) is 0 Å². The van der Waals surface area contributed by atoms with Crippen molar-refractivity contribution in [2.75, 3.05) is 45.3 Å². The number of rotatable bonds is 6. The number of hydrogen-bond acceptors (Lipinski definition) is 7. The predicted octanol–water partition coefficient (Wildman–Crippen LogP) is 3.80. The first-order chi connectivity index (χ1) is 13.7. The highest BCUT2D eigenvalue weighted by molar-refractivity contribution is 7.18. The summed E-state index contributed by atoms with van der Waals surface area (Å²) in [7, 11) is 1.70. The largest absolute Gasteiger partial charge is 0.497 e. The van der Waals surface area contributed by atoms with E-state index in [2.05, 4.69) is 46.2 Å². The first kappa shape index (κ1) is 19.1. The Morgan fingerprint density at radius 3 is 2.64 bits per heavy atom. The molecule has 0 radical (unpaired) electrons. The normalized spacial score (nSPS) is 16.2. The Bertz CT molecular complexity index is 935. The molecule has 2 aromatic heterocycles. The Hall–Kier alpha value is -2.22. The van der Waals surface area contributed by atoms with Crippen LogP contribution in [0.5, 0.6) is 5.75 Å². The van der Waals surface area contributed by atoms with Gasteiger partial charge in [0.2, 0.25) is 0 Å². The van der Waals surface area contributed by atoms with Crippen LogP contribution >= 0.6 is 11.3 Å². The van der Waals surface area contributed by atoms with Crippen LogP contribution in [0, 0.1) is 13.8 Å². The summed E-state index contributed by atoms with van der Waals surface area (Å²) < 4.78 is 10.9. The van der Waals surface area contributed by atoms with Gasteiger partial charge in [-0.3, -0.25) is 4.90 Å². The minimum atomic E-state index is 0.236. The number of morpholine rings is 1. The molecule has 0 aliphatic carbocycles. The van der Waals surface area contributed by atoms with E-state index >= 15 is 0 Å². The summed E-state index contributed by atoms with van der Waals surface area (Å²) in [6.45, 7) is 8.44. The topological polar surface area (TPSA) is 59.5 Å². The molecule has 3 aromatic rings. The van der Waals surface area contributed by atoms with Crippen molar-refractivity contribution in [3.05, 3.63) is 46.6 Å². The van der Waals surface area contributed by atoms with E-state index in [1.807, 2.05) is 12.1 Å². The third-order valence-corrected chi connectivity index (χ3v) is 6.53. The van der Waals surface area contributed by atoms with E-state index < -0.39 is 0 Å². The number of thiophene rings is 1. The summed E-state index contributed by atoms with van der Waals surface area (Å²) in [5.41, 5.74) is 2.52. The second-order valence-corrected chi connectivity index (χ2v) is 8.21. The van der Waals surface area contributed by atoms with Gasteiger partial charge in [0.15, 0.2) is 0 Å². The van der Waals surface area contributed by atoms with Crippen LogP contribution in [-0.4, -0.2) is 54.8 Å². The quantitative estimate of drug-likeness (QED) is 0.682. The monoisotopic (exact) mass is 398 g/mol. The molecule has 4 rings (SSSR count). The number of nitrogens with one attached hydrogen (secondary N) is 1. The van der Waals surface area contributed by atoms with Crippen molar-refractivity contribution in [3.63, 3.8) is 0 Å². The molecular weight excluding hydrogens is 372 g/mol. The Morgan fingerprint density at radius 1 is 1.18 bits per heavy atom. The van der Waals surface area contributed by atoms with Crippen molar-refractivity contribution in [1.29, 1.82) is 0 Å². The van der Waals surface area contributed by atoms with Crippen LogP contribution in [0.15, 0.2) is 30.6 Å². The molecule has 1 N–H and O–H groups in total. The summed E-state index contributed by atoms with van der Waals surface area (Å²) in [4.78, 5) is 13.8. The third kappa shape index (κ3) is 3.83. The van der Waals surface area contributed by atoms with E-state index in [0.717, 1.165) is 54.6 Å². The van der Waals surface area contributed by atoms with Gasteiger partial charge in [-0.15, -0.1) is 11.3 Å². The maximum Gasteiger partial charge on any atom is 0.138 e. The number of aromatic nitrogens is 2. The number of ether oxygens (including phenoxy) is 2. The maximum absolute atomic E-state index is 5.56. The number of anilines is 1. The van der Waals surface area contributed by atoms with E-state index in [0.29, 0.717) is 0 Å². The molecular formula is C21H26N4O2S. The van der Waals surface area contributed by atoms with Gasteiger partial charge < -0.3 is 14.8 Å². The molecule has 0 spiro atoms. The van der Waals surface area contributed by atoms with E-state index in [9.17, 15) is 0 Å². The van der Waals surface area contributed by atoms with Gasteiger partial charge >= 0.3 is 0 Å². The van der Waals surface area contributed by atoms with E-state index in [1.165, 1.54) is 16.0 Å². The van der Waals surface area contributed by atoms with E-state index in [1.54, 1.807) is 24.8 Å². The Labute approximate surface area is 169 Å². The average molecular weight is 399 g/mol. The van der Waals surface area contributed by atoms with Crippen LogP contribution in [0.2, 0.25) is 0 Å². The summed E-state index contributed by atoms with van der Waals surface area (Å²) in [5, 5.41) is 4.75. The smallest absolute Gasteiger partial charge is 0.138 e. The standard InChI is InChI=1S/C21H26N4O2S/c1-14-15(2)28-21-19(14)20(23-13-24-21)22-12-18(25-8-10-27-11-9-25)16-4-6-17(26-3)7-5-16/h4-7,13,18H,8-12H2,1-3H3,(H,22,23,24)/t18-/m0/s1. The molecule has 1 aromatic carbocycles. The zero-order valence-corrected chi connectivity index (χ0v) is 17.4. The summed E-state index contributed by atoms with van der Waals surface area (Å²) in [6, 6.07) is 8.59. The molecule has 0 bridgehead atoms. The Kier molecular flexibility index (Phi) is 5.75. The zero-order valence-electron chi connectivity index (χ0n) is 16.6. The Balaban J connectivity index is 1.60. The van der Waals surface area contributed by atoms with Crippen LogP contribution in [0.25, 0.3) is 10.2 Å². The number of aryl methyl sites for hydroxylation is 2. The van der Waals surface area contributed by atoms with Crippen LogP contribution in [0.1, 0.15) is 22.0 Å². The van der Waals surface area contributed by atoms with Gasteiger partial charge in [0, 0.05) is 24.5 Å². The first-order valence-corrected chi connectivity index (χ1v) is 10.4. The van der Waals surface area contributed by atoms with Crippen LogP contribution < -0.4 is 10.1 Å². The second kappa shape index (κ2) is 8.43. The molecule has 1 fully saturated rings. The van der Waals surface area contributed by atoms with E-state index in [4.69, 9.17) is 9.47 Å². The molecule has 0 amide bonds. The van der Waals surface area contributed by atoms with Gasteiger partial charge in [0.25, 0.3) is 0 Å². The van der Waals surface area contributed by atoms with Crippen LogP contribution in [0.4, 0.5) is 5.82 Å². The van der Waals surface area contributed by atoms with Gasteiger partial charge in [0.05, 0.1) is 31.8 Å². The lowest BCUT2D eigenvalue weighted by Crippen LogP contribution is -2.41. The van der Waals surface area contributed by atoms with Gasteiger partial charge in [-0.05, 0) is 37.1 Å². The summed E-state index contributed by atoms with van der Waals surface area (Å²) >= 11 is 1.72. The highest BCUT2D eigenvalue weighted by Gasteiger charge is 2.23. The molecule has 1 atom stereocenters. The SMILES string of the molecule is COc1ccc([C@H](CNc2ncnc3sc(C)c(C)c23)N2CCOCC2)cc1. The zero-order chi connectivity index (χ0) is 19.5. The molecule has 7 heteroatoms. The second-order valence-electron chi connectivity index (χ2n) is 7.00. The Morgan fingerprint density at radius 2 is 1.93 bits per heavy atom. The fourth-order valence-corrected chi connectivity index (χ4v) is 4.68. The molecule has 148 valence electrons. The molecule has 0 saturated carbocycles. The molecule has 6 nitrogen and oxygen atoms in total. The fraction of sp³-hybridized carbons (Fsp3) is 0.429. The van der Waals surface area contributed by atoms with Crippen LogP contribution in [0.3, 0.4) is 0 Å². The first-order valence-electron chi connectivity index (χ1n) is 9.57. The summed E-state index contributed by atoms with van der Waals surface area (Å²) in [6.07, 6.45) is 1.65. The van der Waals surface area contributed by atoms with Gasteiger partial charge in [0.1, 0.15) is 22.7 Å². The lowest BCUT2D eigenvalue weighted by atomic mass is 10.0. The molecule has 28 heavy (non-hydrogen) atoms. The number of hydrogen-bond donors (Lipinski definition) is 1. The minimum absolute atomic E-state index is 0.236. The van der Waals surface area contributed by atoms with Crippen molar-refractivity contribution in [2.24, 2.45) is 0 Å². The highest BCUT2D eigenvalue weighted by atomic mass is 32.1. The predicted molar refractivity (Wildman–Crippen MR) is 114 cm³/mol. The van der Waals surface area contributed by atoms with Crippen molar-refractivity contribution in [3.8, 4) is 5.75 Å². The van der Waals surface area contributed by atoms with Crippen molar-refractivity contribution < 1.29 is 9.47 Å². The third-order valence-electron chi connectivity index (χ3n) is 5.42.